The van der Waals surface area contributed by atoms with Gasteiger partial charge in [-0.15, -0.1) is 0 Å². The molecular weight excluding hydrogens is 224 g/mol. The van der Waals surface area contributed by atoms with Crippen LogP contribution in [-0.4, -0.2) is 14.5 Å². The number of benzene rings is 1. The summed E-state index contributed by atoms with van der Waals surface area (Å²) in [5.41, 5.74) is 1.73. The maximum absolute atomic E-state index is 11.6. The highest BCUT2D eigenvalue weighted by Gasteiger charge is 2.14. The Labute approximate surface area is 96.0 Å². The van der Waals surface area contributed by atoms with Crippen LogP contribution in [0.5, 0.6) is 0 Å². The molecule has 5 heteroatoms. The molecule has 0 saturated carbocycles. The highest BCUT2D eigenvalue weighted by molar-refractivity contribution is 7.88. The van der Waals surface area contributed by atoms with Crippen LogP contribution < -0.4 is 4.72 Å². The molecule has 16 heavy (non-hydrogen) atoms. The van der Waals surface area contributed by atoms with E-state index in [1.54, 1.807) is 6.07 Å². The molecule has 1 unspecified atom stereocenters. The number of sulfonamides is 1. The van der Waals surface area contributed by atoms with E-state index in [9.17, 15) is 8.42 Å². The Morgan fingerprint density at radius 3 is 2.75 bits per heavy atom. The lowest BCUT2D eigenvalue weighted by Crippen LogP contribution is -2.32. The minimum Gasteiger partial charge on any atom is -0.212 e. The van der Waals surface area contributed by atoms with Crippen molar-refractivity contribution in [1.29, 1.82) is 5.26 Å². The van der Waals surface area contributed by atoms with E-state index in [1.807, 2.05) is 31.2 Å². The van der Waals surface area contributed by atoms with E-state index < -0.39 is 16.1 Å². The highest BCUT2D eigenvalue weighted by Crippen LogP contribution is 2.07. The first kappa shape index (κ1) is 12.7. The molecular formula is C11H14N2O2S. The van der Waals surface area contributed by atoms with Crippen molar-refractivity contribution in [2.45, 2.75) is 25.6 Å². The molecule has 0 bridgehead atoms. The van der Waals surface area contributed by atoms with Crippen LogP contribution in [0.15, 0.2) is 24.3 Å². The molecule has 4 nitrogen and oxygen atoms in total. The molecule has 86 valence electrons. The Hall–Kier alpha value is -1.38. The maximum Gasteiger partial charge on any atom is 0.216 e. The van der Waals surface area contributed by atoms with Gasteiger partial charge in [-0.1, -0.05) is 29.8 Å². The number of aryl methyl sites for hydroxylation is 1. The third-order valence-electron chi connectivity index (χ3n) is 1.99. The number of nitrogens with zero attached hydrogens (tertiary/aromatic N) is 1. The number of nitrogens with one attached hydrogen (secondary N) is 1. The van der Waals surface area contributed by atoms with Gasteiger partial charge in [-0.25, -0.2) is 8.42 Å². The van der Waals surface area contributed by atoms with E-state index in [2.05, 4.69) is 4.72 Å². The minimum absolute atomic E-state index is 0.0965. The second kappa shape index (κ2) is 5.10. The predicted octanol–water partition coefficient (Wildman–Crippen LogP) is 1.33. The number of hydrogen-bond donors (Lipinski definition) is 1. The lowest BCUT2D eigenvalue weighted by molar-refractivity contribution is 0.576. The summed E-state index contributed by atoms with van der Waals surface area (Å²) in [7, 11) is -3.44. The minimum atomic E-state index is -3.44. The highest BCUT2D eigenvalue weighted by atomic mass is 32.2. The van der Waals surface area contributed by atoms with Crippen molar-refractivity contribution in [3.63, 3.8) is 0 Å². The van der Waals surface area contributed by atoms with E-state index in [4.69, 9.17) is 5.26 Å². The molecule has 0 heterocycles. The van der Waals surface area contributed by atoms with Crippen LogP contribution in [-0.2, 0) is 15.8 Å². The molecule has 0 radical (unpaired) electrons. The van der Waals surface area contributed by atoms with Crippen molar-refractivity contribution < 1.29 is 8.42 Å². The van der Waals surface area contributed by atoms with Gasteiger partial charge < -0.3 is 0 Å². The molecule has 0 aliphatic heterocycles. The van der Waals surface area contributed by atoms with Crippen LogP contribution in [0, 0.1) is 18.3 Å². The second-order valence-electron chi connectivity index (χ2n) is 3.72. The fourth-order valence-electron chi connectivity index (χ4n) is 1.36. The molecule has 0 aromatic heterocycles. The number of hydrogen-bond acceptors (Lipinski definition) is 3. The third kappa shape index (κ3) is 4.01. The van der Waals surface area contributed by atoms with Gasteiger partial charge in [0, 0.05) is 0 Å². The molecule has 0 aliphatic rings. The topological polar surface area (TPSA) is 70.0 Å². The van der Waals surface area contributed by atoms with Crippen molar-refractivity contribution in [1.82, 2.24) is 4.72 Å². The standard InChI is InChI=1S/C11H14N2O2S/c1-9-4-3-5-11(6-9)8-16(14,15)13-10(2)7-12/h3-6,10,13H,8H2,1-2H3. The van der Waals surface area contributed by atoms with E-state index in [0.717, 1.165) is 11.1 Å². The predicted molar refractivity (Wildman–Crippen MR) is 62.0 cm³/mol. The first-order chi connectivity index (χ1) is 7.43. The molecule has 0 spiro atoms. The van der Waals surface area contributed by atoms with Crippen LogP contribution >= 0.6 is 0 Å². The SMILES string of the molecule is Cc1cccc(CS(=O)(=O)NC(C)C#N)c1. The molecule has 1 aromatic carbocycles. The smallest absolute Gasteiger partial charge is 0.212 e. The van der Waals surface area contributed by atoms with E-state index >= 15 is 0 Å². The van der Waals surface area contributed by atoms with Crippen molar-refractivity contribution in [2.75, 3.05) is 0 Å². The molecule has 1 rings (SSSR count). The van der Waals surface area contributed by atoms with Gasteiger partial charge in [0.15, 0.2) is 0 Å². The van der Waals surface area contributed by atoms with Gasteiger partial charge in [-0.05, 0) is 19.4 Å². The summed E-state index contributed by atoms with van der Waals surface area (Å²) >= 11 is 0. The van der Waals surface area contributed by atoms with Gasteiger partial charge in [0.05, 0.1) is 11.8 Å². The molecule has 0 aliphatic carbocycles. The normalized spacial score (nSPS) is 13.1. The van der Waals surface area contributed by atoms with Crippen LogP contribution in [0.2, 0.25) is 0 Å². The van der Waals surface area contributed by atoms with E-state index in [-0.39, 0.29) is 5.75 Å². The summed E-state index contributed by atoms with van der Waals surface area (Å²) in [5, 5.41) is 8.53. The van der Waals surface area contributed by atoms with Crippen LogP contribution in [0.1, 0.15) is 18.1 Å². The summed E-state index contributed by atoms with van der Waals surface area (Å²) in [4.78, 5) is 0. The van der Waals surface area contributed by atoms with Crippen molar-refractivity contribution in [3.05, 3.63) is 35.4 Å². The summed E-state index contributed by atoms with van der Waals surface area (Å²) in [6.07, 6.45) is 0. The monoisotopic (exact) mass is 238 g/mol. The molecule has 0 fully saturated rings. The maximum atomic E-state index is 11.6. The Morgan fingerprint density at radius 1 is 1.50 bits per heavy atom. The van der Waals surface area contributed by atoms with Gasteiger partial charge in [-0.2, -0.15) is 9.98 Å². The summed E-state index contributed by atoms with van der Waals surface area (Å²) < 4.78 is 25.5. The summed E-state index contributed by atoms with van der Waals surface area (Å²) in [5.74, 6) is -0.0965. The number of nitriles is 1. The molecule has 1 N–H and O–H groups in total. The van der Waals surface area contributed by atoms with Crippen molar-refractivity contribution in [2.24, 2.45) is 0 Å². The fraction of sp³-hybridized carbons (Fsp3) is 0.364. The third-order valence-corrected chi connectivity index (χ3v) is 3.42. The van der Waals surface area contributed by atoms with Crippen molar-refractivity contribution in [3.8, 4) is 6.07 Å². The molecule has 0 saturated heterocycles. The average molecular weight is 238 g/mol. The van der Waals surface area contributed by atoms with Crippen LogP contribution in [0.4, 0.5) is 0 Å². The van der Waals surface area contributed by atoms with Gasteiger partial charge in [0.25, 0.3) is 0 Å². The van der Waals surface area contributed by atoms with Gasteiger partial charge >= 0.3 is 0 Å². The lowest BCUT2D eigenvalue weighted by Gasteiger charge is -2.08. The van der Waals surface area contributed by atoms with E-state index in [1.165, 1.54) is 6.92 Å². The van der Waals surface area contributed by atoms with Crippen LogP contribution in [0.3, 0.4) is 0 Å². The lowest BCUT2D eigenvalue weighted by atomic mass is 10.2. The Bertz CT molecular complexity index is 503. The molecule has 1 aromatic rings. The zero-order valence-corrected chi connectivity index (χ0v) is 10.1. The first-order valence-corrected chi connectivity index (χ1v) is 6.53. The Balaban J connectivity index is 2.78. The largest absolute Gasteiger partial charge is 0.216 e. The molecule has 1 atom stereocenters. The summed E-state index contributed by atoms with van der Waals surface area (Å²) in [6.45, 7) is 3.41. The van der Waals surface area contributed by atoms with Crippen molar-refractivity contribution >= 4 is 10.0 Å². The fourth-order valence-corrected chi connectivity index (χ4v) is 2.65. The average Bonchev–Trinajstić information content (AvgIpc) is 2.15. The van der Waals surface area contributed by atoms with Gasteiger partial charge in [0.1, 0.15) is 6.04 Å². The second-order valence-corrected chi connectivity index (χ2v) is 5.47. The zero-order chi connectivity index (χ0) is 12.2. The first-order valence-electron chi connectivity index (χ1n) is 4.88. The van der Waals surface area contributed by atoms with Gasteiger partial charge in [-0.3, -0.25) is 0 Å². The zero-order valence-electron chi connectivity index (χ0n) is 9.27. The van der Waals surface area contributed by atoms with Gasteiger partial charge in [0.2, 0.25) is 10.0 Å². The van der Waals surface area contributed by atoms with E-state index in [0.29, 0.717) is 0 Å². The number of rotatable bonds is 4. The Kier molecular flexibility index (Phi) is 4.05. The Morgan fingerprint density at radius 2 is 2.19 bits per heavy atom. The summed E-state index contributed by atoms with van der Waals surface area (Å²) in [6, 6.07) is 8.42. The molecule has 0 amide bonds. The quantitative estimate of drug-likeness (QED) is 0.860. The van der Waals surface area contributed by atoms with Crippen LogP contribution in [0.25, 0.3) is 0 Å².